The van der Waals surface area contributed by atoms with Crippen LogP contribution in [0, 0.1) is 12.3 Å². The Kier molecular flexibility index (Phi) is 3.11. The molecule has 0 saturated carbocycles. The van der Waals surface area contributed by atoms with Gasteiger partial charge in [-0.1, -0.05) is 0 Å². The molecule has 0 spiro atoms. The molecule has 0 aliphatic heterocycles. The van der Waals surface area contributed by atoms with E-state index in [1.165, 1.54) is 17.3 Å². The highest BCUT2D eigenvalue weighted by Crippen LogP contribution is 2.07. The molecule has 2 aromatic rings. The van der Waals surface area contributed by atoms with Gasteiger partial charge < -0.3 is 10.5 Å². The smallest absolute Gasteiger partial charge is 0.323 e. The van der Waals surface area contributed by atoms with E-state index in [1.54, 1.807) is 0 Å². The Morgan fingerprint density at radius 3 is 3.00 bits per heavy atom. The molecule has 2 N–H and O–H groups in total. The second kappa shape index (κ2) is 4.89. The molecule has 0 bridgehead atoms. The minimum Gasteiger partial charge on any atom is -0.462 e. The molecular formula is C9H9N7O. The van der Waals surface area contributed by atoms with Gasteiger partial charge in [-0.25, -0.2) is 4.98 Å². The molecule has 17 heavy (non-hydrogen) atoms. The number of terminal acetylenes is 1. The Hall–Kier alpha value is -2.69. The van der Waals surface area contributed by atoms with Gasteiger partial charge in [0.25, 0.3) is 5.95 Å². The number of nitrogens with zero attached hydrogens (tertiary/aromatic N) is 6. The van der Waals surface area contributed by atoms with Gasteiger partial charge >= 0.3 is 6.01 Å². The molecule has 8 nitrogen and oxygen atoms in total. The second-order valence-electron chi connectivity index (χ2n) is 2.92. The number of nitrogen functional groups attached to an aromatic ring is 1. The molecule has 0 unspecified atom stereocenters. The van der Waals surface area contributed by atoms with Crippen molar-refractivity contribution < 1.29 is 4.74 Å². The maximum atomic E-state index is 5.53. The molecule has 0 aliphatic carbocycles. The van der Waals surface area contributed by atoms with Crippen molar-refractivity contribution in [1.29, 1.82) is 0 Å². The largest absolute Gasteiger partial charge is 0.462 e. The van der Waals surface area contributed by atoms with Crippen LogP contribution in [0.5, 0.6) is 6.01 Å². The molecule has 0 fully saturated rings. The lowest BCUT2D eigenvalue weighted by atomic mass is 10.5. The van der Waals surface area contributed by atoms with E-state index in [0.29, 0.717) is 13.0 Å². The fraction of sp³-hybridized carbons (Fsp3) is 0.222. The van der Waals surface area contributed by atoms with E-state index in [9.17, 15) is 0 Å². The Labute approximate surface area is 96.9 Å². The molecule has 0 aliphatic rings. The first-order chi connectivity index (χ1) is 8.29. The van der Waals surface area contributed by atoms with Crippen molar-refractivity contribution >= 4 is 5.95 Å². The van der Waals surface area contributed by atoms with Crippen LogP contribution in [0.25, 0.3) is 5.95 Å². The summed E-state index contributed by atoms with van der Waals surface area (Å²) < 4.78 is 6.57. The summed E-state index contributed by atoms with van der Waals surface area (Å²) in [6.45, 7) is 0.316. The van der Waals surface area contributed by atoms with Gasteiger partial charge in [-0.15, -0.1) is 12.3 Å². The molecule has 0 aromatic carbocycles. The van der Waals surface area contributed by atoms with Gasteiger partial charge in [0.1, 0.15) is 19.3 Å². The van der Waals surface area contributed by atoms with Crippen molar-refractivity contribution in [1.82, 2.24) is 29.7 Å². The Morgan fingerprint density at radius 1 is 1.41 bits per heavy atom. The number of nitrogens with two attached hydrogens (primary N) is 1. The molecular weight excluding hydrogens is 222 g/mol. The predicted octanol–water partition coefficient (Wildman–Crippen LogP) is -0.563. The average Bonchev–Trinajstić information content (AvgIpc) is 2.82. The summed E-state index contributed by atoms with van der Waals surface area (Å²) in [7, 11) is 0. The first kappa shape index (κ1) is 10.8. The minimum atomic E-state index is 0.0428. The van der Waals surface area contributed by atoms with E-state index >= 15 is 0 Å². The molecule has 86 valence electrons. The van der Waals surface area contributed by atoms with Crippen molar-refractivity contribution in [2.75, 3.05) is 12.3 Å². The van der Waals surface area contributed by atoms with Crippen LogP contribution in [0.4, 0.5) is 5.95 Å². The van der Waals surface area contributed by atoms with E-state index in [-0.39, 0.29) is 17.9 Å². The molecule has 0 radical (unpaired) electrons. The lowest BCUT2D eigenvalue weighted by Gasteiger charge is -2.04. The van der Waals surface area contributed by atoms with E-state index in [2.05, 4.69) is 31.0 Å². The number of rotatable bonds is 4. The highest BCUT2D eigenvalue weighted by atomic mass is 16.5. The van der Waals surface area contributed by atoms with Gasteiger partial charge in [0.15, 0.2) is 0 Å². The summed E-state index contributed by atoms with van der Waals surface area (Å²) in [6.07, 6.45) is 8.37. The summed E-state index contributed by atoms with van der Waals surface area (Å²) in [6, 6.07) is 0.109. The minimum absolute atomic E-state index is 0.0428. The molecule has 2 aromatic heterocycles. The quantitative estimate of drug-likeness (QED) is 0.555. The molecule has 2 rings (SSSR count). The highest BCUT2D eigenvalue weighted by molar-refractivity contribution is 5.23. The maximum Gasteiger partial charge on any atom is 0.323 e. The number of ether oxygens (including phenoxy) is 1. The van der Waals surface area contributed by atoms with Gasteiger partial charge in [-0.3, -0.25) is 0 Å². The molecule has 0 saturated heterocycles. The summed E-state index contributed by atoms with van der Waals surface area (Å²) >= 11 is 0. The summed E-state index contributed by atoms with van der Waals surface area (Å²) in [4.78, 5) is 15.5. The van der Waals surface area contributed by atoms with Crippen LogP contribution in [0.15, 0.2) is 12.7 Å². The fourth-order valence-corrected chi connectivity index (χ4v) is 1.04. The topological polar surface area (TPSA) is 105 Å². The van der Waals surface area contributed by atoms with Crippen molar-refractivity contribution in [3.8, 4) is 24.3 Å². The third kappa shape index (κ3) is 2.66. The lowest BCUT2D eigenvalue weighted by molar-refractivity contribution is 0.300. The zero-order chi connectivity index (χ0) is 12.1. The van der Waals surface area contributed by atoms with Gasteiger partial charge in [0, 0.05) is 6.42 Å². The zero-order valence-electron chi connectivity index (χ0n) is 8.82. The zero-order valence-corrected chi connectivity index (χ0v) is 8.82. The van der Waals surface area contributed by atoms with Crippen molar-refractivity contribution in [3.05, 3.63) is 12.7 Å². The standard InChI is InChI=1S/C9H9N7O/c1-2-3-4-17-9-14-7(10)13-8(15-9)16-6-11-5-12-16/h1,5-6H,3-4H2,(H2,10,13,14,15). The van der Waals surface area contributed by atoms with Crippen LogP contribution < -0.4 is 10.5 Å². The Balaban J connectivity index is 2.21. The van der Waals surface area contributed by atoms with Gasteiger partial charge in [0.05, 0.1) is 0 Å². The van der Waals surface area contributed by atoms with Crippen molar-refractivity contribution in [2.24, 2.45) is 0 Å². The molecule has 0 amide bonds. The monoisotopic (exact) mass is 231 g/mol. The van der Waals surface area contributed by atoms with Crippen LogP contribution >= 0.6 is 0 Å². The van der Waals surface area contributed by atoms with E-state index < -0.39 is 0 Å². The SMILES string of the molecule is C#CCCOc1nc(N)nc(-n2cncn2)n1. The molecule has 2 heterocycles. The van der Waals surface area contributed by atoms with E-state index in [0.717, 1.165) is 0 Å². The van der Waals surface area contributed by atoms with E-state index in [1.807, 2.05) is 0 Å². The molecule has 8 heteroatoms. The molecule has 0 atom stereocenters. The van der Waals surface area contributed by atoms with Crippen LogP contribution in [0.3, 0.4) is 0 Å². The third-order valence-corrected chi connectivity index (χ3v) is 1.72. The average molecular weight is 231 g/mol. The highest BCUT2D eigenvalue weighted by Gasteiger charge is 2.07. The summed E-state index contributed by atoms with van der Waals surface area (Å²) in [5.41, 5.74) is 5.53. The van der Waals surface area contributed by atoms with Crippen LogP contribution in [0.2, 0.25) is 0 Å². The summed E-state index contributed by atoms with van der Waals surface area (Å²) in [5, 5.41) is 3.87. The Morgan fingerprint density at radius 2 is 2.29 bits per heavy atom. The van der Waals surface area contributed by atoms with Crippen LogP contribution in [-0.4, -0.2) is 36.3 Å². The first-order valence-electron chi connectivity index (χ1n) is 4.72. The fourth-order valence-electron chi connectivity index (χ4n) is 1.04. The van der Waals surface area contributed by atoms with Gasteiger partial charge in [0.2, 0.25) is 5.95 Å². The normalized spacial score (nSPS) is 9.82. The maximum absolute atomic E-state index is 5.53. The second-order valence-corrected chi connectivity index (χ2v) is 2.92. The third-order valence-electron chi connectivity index (χ3n) is 1.72. The summed E-state index contributed by atoms with van der Waals surface area (Å²) in [5.74, 6) is 2.72. The first-order valence-corrected chi connectivity index (χ1v) is 4.72. The number of hydrogen-bond acceptors (Lipinski definition) is 7. The predicted molar refractivity (Wildman–Crippen MR) is 58.1 cm³/mol. The van der Waals surface area contributed by atoms with E-state index in [4.69, 9.17) is 16.9 Å². The van der Waals surface area contributed by atoms with Gasteiger partial charge in [-0.2, -0.15) is 24.7 Å². The lowest BCUT2D eigenvalue weighted by Crippen LogP contribution is -2.09. The van der Waals surface area contributed by atoms with Crippen LogP contribution in [0.1, 0.15) is 6.42 Å². The van der Waals surface area contributed by atoms with Gasteiger partial charge in [-0.05, 0) is 0 Å². The van der Waals surface area contributed by atoms with Crippen molar-refractivity contribution in [3.63, 3.8) is 0 Å². The Bertz CT molecular complexity index is 531. The number of hydrogen-bond donors (Lipinski definition) is 1. The van der Waals surface area contributed by atoms with Crippen LogP contribution in [-0.2, 0) is 0 Å². The number of anilines is 1. The van der Waals surface area contributed by atoms with Crippen molar-refractivity contribution in [2.45, 2.75) is 6.42 Å². The number of aromatic nitrogens is 6.